The Hall–Kier alpha value is -1.60. The number of carbonyl (C=O) groups excluding carboxylic acids is 1. The van der Waals surface area contributed by atoms with Gasteiger partial charge >= 0.3 is 5.97 Å². The van der Waals surface area contributed by atoms with Crippen molar-refractivity contribution < 1.29 is 9.53 Å². The Morgan fingerprint density at radius 3 is 3.15 bits per heavy atom. The summed E-state index contributed by atoms with van der Waals surface area (Å²) in [6.07, 6.45) is 2.86. The summed E-state index contributed by atoms with van der Waals surface area (Å²) in [7, 11) is 1.31. The Morgan fingerprint density at radius 2 is 2.54 bits per heavy atom. The molecule has 1 heterocycles. The first kappa shape index (κ1) is 9.49. The number of esters is 1. The van der Waals surface area contributed by atoms with Gasteiger partial charge in [0.25, 0.3) is 0 Å². The highest BCUT2D eigenvalue weighted by Crippen LogP contribution is 2.16. The van der Waals surface area contributed by atoms with Crippen LogP contribution in [-0.2, 0) is 9.53 Å². The molecule has 0 aliphatic rings. The lowest BCUT2D eigenvalue weighted by Gasteiger charge is -1.89. The zero-order chi connectivity index (χ0) is 9.68. The van der Waals surface area contributed by atoms with Gasteiger partial charge in [-0.3, -0.25) is 0 Å². The van der Waals surface area contributed by atoms with Crippen molar-refractivity contribution in [3.63, 3.8) is 0 Å². The van der Waals surface area contributed by atoms with Gasteiger partial charge < -0.3 is 4.74 Å². The minimum Gasteiger partial charge on any atom is -0.466 e. The number of ether oxygens (including phenoxy) is 1. The Kier molecular flexibility index (Phi) is 3.23. The van der Waals surface area contributed by atoms with Gasteiger partial charge in [-0.15, -0.1) is 11.3 Å². The number of nitrogens with zero attached hydrogens (tertiary/aromatic N) is 1. The lowest BCUT2D eigenvalue weighted by atomic mass is 10.2. The van der Waals surface area contributed by atoms with Crippen molar-refractivity contribution in [3.05, 3.63) is 28.0 Å². The molecule has 4 heteroatoms. The summed E-state index contributed by atoms with van der Waals surface area (Å²) in [6, 6.07) is 3.81. The van der Waals surface area contributed by atoms with E-state index in [0.717, 1.165) is 5.56 Å². The van der Waals surface area contributed by atoms with Crippen molar-refractivity contribution in [1.82, 2.24) is 0 Å². The molecule has 0 aromatic carbocycles. The summed E-state index contributed by atoms with van der Waals surface area (Å²) < 4.78 is 4.42. The molecule has 0 bridgehead atoms. The van der Waals surface area contributed by atoms with E-state index < -0.39 is 5.97 Å². The summed E-state index contributed by atoms with van der Waals surface area (Å²) in [6.45, 7) is 0. The van der Waals surface area contributed by atoms with Crippen molar-refractivity contribution in [2.24, 2.45) is 0 Å². The number of carbonyl (C=O) groups is 1. The molecule has 13 heavy (non-hydrogen) atoms. The first-order valence-electron chi connectivity index (χ1n) is 3.51. The quantitative estimate of drug-likeness (QED) is 0.531. The first-order valence-corrected chi connectivity index (χ1v) is 4.39. The summed E-state index contributed by atoms with van der Waals surface area (Å²) >= 11 is 1.34. The average Bonchev–Trinajstić information content (AvgIpc) is 2.61. The van der Waals surface area contributed by atoms with Gasteiger partial charge in [-0.25, -0.2) is 4.79 Å². The van der Waals surface area contributed by atoms with E-state index in [9.17, 15) is 4.79 Å². The molecule has 0 amide bonds. The van der Waals surface area contributed by atoms with Gasteiger partial charge in [-0.05, 0) is 17.5 Å². The van der Waals surface area contributed by atoms with Crippen LogP contribution in [0, 0.1) is 11.3 Å². The summed E-state index contributed by atoms with van der Waals surface area (Å²) in [5.74, 6) is -0.421. The molecule has 3 nitrogen and oxygen atoms in total. The third kappa shape index (κ3) is 2.42. The van der Waals surface area contributed by atoms with Crippen molar-refractivity contribution in [3.8, 4) is 6.07 Å². The summed E-state index contributed by atoms with van der Waals surface area (Å²) in [5, 5.41) is 10.4. The van der Waals surface area contributed by atoms with Crippen LogP contribution in [0.1, 0.15) is 10.4 Å². The maximum atomic E-state index is 10.7. The highest BCUT2D eigenvalue weighted by Gasteiger charge is 1.99. The van der Waals surface area contributed by atoms with E-state index in [1.165, 1.54) is 24.5 Å². The van der Waals surface area contributed by atoms with E-state index in [4.69, 9.17) is 5.26 Å². The Labute approximate surface area is 79.9 Å². The molecule has 1 rings (SSSR count). The molecule has 0 atom stereocenters. The van der Waals surface area contributed by atoms with E-state index in [2.05, 4.69) is 4.74 Å². The van der Waals surface area contributed by atoms with Crippen LogP contribution >= 0.6 is 11.3 Å². The molecular weight excluding hydrogens is 186 g/mol. The van der Waals surface area contributed by atoms with Gasteiger partial charge in [0.05, 0.1) is 7.11 Å². The monoisotopic (exact) mass is 193 g/mol. The van der Waals surface area contributed by atoms with Gasteiger partial charge in [0.15, 0.2) is 0 Å². The van der Waals surface area contributed by atoms with E-state index in [-0.39, 0.29) is 0 Å². The largest absolute Gasteiger partial charge is 0.466 e. The number of methoxy groups -OCH3 is 1. The summed E-state index contributed by atoms with van der Waals surface area (Å²) in [4.78, 5) is 11.3. The molecule has 0 unspecified atom stereocenters. The highest BCUT2D eigenvalue weighted by atomic mass is 32.1. The fourth-order valence-electron chi connectivity index (χ4n) is 0.767. The molecule has 0 saturated heterocycles. The van der Waals surface area contributed by atoms with Gasteiger partial charge in [0, 0.05) is 11.6 Å². The predicted molar refractivity (Wildman–Crippen MR) is 50.1 cm³/mol. The maximum absolute atomic E-state index is 10.7. The Morgan fingerprint density at radius 1 is 1.77 bits per heavy atom. The Bertz CT molecular complexity index is 373. The lowest BCUT2D eigenvalue weighted by molar-refractivity contribution is -0.134. The molecule has 0 spiro atoms. The van der Waals surface area contributed by atoms with Gasteiger partial charge in [0.2, 0.25) is 0 Å². The zero-order valence-electron chi connectivity index (χ0n) is 6.98. The second-order valence-corrected chi connectivity index (χ2v) is 3.09. The van der Waals surface area contributed by atoms with Crippen LogP contribution in [0.3, 0.4) is 0 Å². The van der Waals surface area contributed by atoms with E-state index in [1.54, 1.807) is 17.5 Å². The third-order valence-electron chi connectivity index (χ3n) is 1.40. The van der Waals surface area contributed by atoms with Crippen molar-refractivity contribution in [1.29, 1.82) is 5.26 Å². The van der Waals surface area contributed by atoms with Gasteiger partial charge in [-0.2, -0.15) is 5.26 Å². The number of hydrogen-bond acceptors (Lipinski definition) is 4. The van der Waals surface area contributed by atoms with Crippen LogP contribution in [-0.4, -0.2) is 13.1 Å². The minimum absolute atomic E-state index is 0.421. The van der Waals surface area contributed by atoms with Crippen LogP contribution < -0.4 is 0 Å². The average molecular weight is 193 g/mol. The zero-order valence-corrected chi connectivity index (χ0v) is 7.80. The SMILES string of the molecule is COC(=O)/C=C/c1ccsc1C#N. The van der Waals surface area contributed by atoms with Crippen LogP contribution in [0.2, 0.25) is 0 Å². The molecule has 0 N–H and O–H groups in total. The highest BCUT2D eigenvalue weighted by molar-refractivity contribution is 7.10. The normalized spacial score (nSPS) is 9.85. The van der Waals surface area contributed by atoms with Crippen LogP contribution in [0.4, 0.5) is 0 Å². The van der Waals surface area contributed by atoms with Crippen LogP contribution in [0.5, 0.6) is 0 Å². The van der Waals surface area contributed by atoms with Crippen molar-refractivity contribution >= 4 is 23.4 Å². The summed E-state index contributed by atoms with van der Waals surface area (Å²) in [5.41, 5.74) is 0.748. The van der Waals surface area contributed by atoms with Crippen LogP contribution in [0.15, 0.2) is 17.5 Å². The van der Waals surface area contributed by atoms with Crippen LogP contribution in [0.25, 0.3) is 6.08 Å². The molecular formula is C9H7NO2S. The number of hydrogen-bond donors (Lipinski definition) is 0. The molecule has 0 aliphatic carbocycles. The molecule has 0 aliphatic heterocycles. The number of rotatable bonds is 2. The smallest absolute Gasteiger partial charge is 0.330 e. The van der Waals surface area contributed by atoms with Crippen molar-refractivity contribution in [2.75, 3.05) is 7.11 Å². The molecule has 66 valence electrons. The second-order valence-electron chi connectivity index (χ2n) is 2.17. The first-order chi connectivity index (χ1) is 6.27. The van der Waals surface area contributed by atoms with Gasteiger partial charge in [-0.1, -0.05) is 0 Å². The number of thiophene rings is 1. The fraction of sp³-hybridized carbons (Fsp3) is 0.111. The molecule has 0 fully saturated rings. The maximum Gasteiger partial charge on any atom is 0.330 e. The standard InChI is InChI=1S/C9H7NO2S/c1-12-9(11)3-2-7-4-5-13-8(7)6-10/h2-5H,1H3/b3-2+. The van der Waals surface area contributed by atoms with E-state index in [0.29, 0.717) is 4.88 Å². The Balaban J connectivity index is 2.80. The molecule has 0 saturated carbocycles. The van der Waals surface area contributed by atoms with E-state index >= 15 is 0 Å². The molecule has 0 radical (unpaired) electrons. The van der Waals surface area contributed by atoms with Gasteiger partial charge in [0.1, 0.15) is 10.9 Å². The predicted octanol–water partition coefficient (Wildman–Crippen LogP) is 1.81. The molecule has 1 aromatic heterocycles. The fourth-order valence-corrected chi connectivity index (χ4v) is 1.44. The van der Waals surface area contributed by atoms with E-state index in [1.807, 2.05) is 6.07 Å². The topological polar surface area (TPSA) is 50.1 Å². The number of nitriles is 1. The third-order valence-corrected chi connectivity index (χ3v) is 2.23. The minimum atomic E-state index is -0.421. The molecule has 1 aromatic rings. The second kappa shape index (κ2) is 4.43. The lowest BCUT2D eigenvalue weighted by Crippen LogP contribution is -1.93. The van der Waals surface area contributed by atoms with Crippen molar-refractivity contribution in [2.45, 2.75) is 0 Å².